The fourth-order valence-electron chi connectivity index (χ4n) is 4.07. The highest BCUT2D eigenvalue weighted by atomic mass is 32.2. The molecule has 0 fully saturated rings. The van der Waals surface area contributed by atoms with Crippen LogP contribution in [0.3, 0.4) is 0 Å². The third-order valence-corrected chi connectivity index (χ3v) is 10.3. The zero-order valence-electron chi connectivity index (χ0n) is 25.7. The van der Waals surface area contributed by atoms with Crippen LogP contribution in [0.15, 0.2) is 53.4 Å². The number of nitrogens with zero attached hydrogens (tertiary/aromatic N) is 1. The van der Waals surface area contributed by atoms with Crippen LogP contribution in [-0.4, -0.2) is 69.9 Å². The summed E-state index contributed by atoms with van der Waals surface area (Å²) in [5, 5.41) is 14.1. The smallest absolute Gasteiger partial charge is 0.335 e. The minimum Gasteiger partial charge on any atom is -0.497 e. The second kappa shape index (κ2) is 18.0. The normalized spacial score (nSPS) is 13.8. The van der Waals surface area contributed by atoms with E-state index in [9.17, 15) is 18.1 Å². The molecule has 2 aromatic rings. The first-order chi connectivity index (χ1) is 19.9. The molecule has 0 aliphatic carbocycles. The highest BCUT2D eigenvalue weighted by Gasteiger charge is 2.29. The van der Waals surface area contributed by atoms with Crippen LogP contribution in [0.1, 0.15) is 58.9 Å². The van der Waals surface area contributed by atoms with E-state index in [1.165, 1.54) is 23.5 Å². The maximum Gasteiger partial charge on any atom is 0.335 e. The summed E-state index contributed by atoms with van der Waals surface area (Å²) < 4.78 is 57.8. The SMILES string of the molecule is CCCCOP(=O)(Cc1ccc(NC[C@H](N)[C@H](O)CN(CC(C)C)S(=O)(=O)c2ccc(OC)cc2)cc1)OCCCC. The summed E-state index contributed by atoms with van der Waals surface area (Å²) in [6.45, 7) is 9.05. The number of anilines is 1. The van der Waals surface area contributed by atoms with Gasteiger partial charge in [-0.25, -0.2) is 8.42 Å². The molecule has 0 aliphatic rings. The van der Waals surface area contributed by atoms with E-state index in [1.807, 2.05) is 38.1 Å². The van der Waals surface area contributed by atoms with Gasteiger partial charge in [-0.2, -0.15) is 4.31 Å². The lowest BCUT2D eigenvalue weighted by molar-refractivity contribution is 0.120. The summed E-state index contributed by atoms with van der Waals surface area (Å²) in [4.78, 5) is 0.124. The number of methoxy groups -OCH3 is 1. The van der Waals surface area contributed by atoms with Gasteiger partial charge in [-0.3, -0.25) is 4.57 Å². The molecule has 0 amide bonds. The van der Waals surface area contributed by atoms with Gasteiger partial charge < -0.3 is 29.9 Å². The van der Waals surface area contributed by atoms with Crippen molar-refractivity contribution in [3.63, 3.8) is 0 Å². The second-order valence-corrected chi connectivity index (χ2v) is 14.8. The molecule has 10 nitrogen and oxygen atoms in total. The topological polar surface area (TPSA) is 140 Å². The van der Waals surface area contributed by atoms with Crippen molar-refractivity contribution < 1.29 is 31.9 Å². The predicted octanol–water partition coefficient (Wildman–Crippen LogP) is 5.47. The van der Waals surface area contributed by atoms with Crippen LogP contribution in [0.2, 0.25) is 0 Å². The minimum absolute atomic E-state index is 0.0440. The minimum atomic E-state index is -3.85. The lowest BCUT2D eigenvalue weighted by Crippen LogP contribution is -2.49. The van der Waals surface area contributed by atoms with Gasteiger partial charge in [-0.1, -0.05) is 52.7 Å². The van der Waals surface area contributed by atoms with Crippen molar-refractivity contribution >= 4 is 23.3 Å². The Bertz CT molecular complexity index is 1180. The Morgan fingerprint density at radius 3 is 2.02 bits per heavy atom. The predicted molar refractivity (Wildman–Crippen MR) is 169 cm³/mol. The van der Waals surface area contributed by atoms with E-state index < -0.39 is 29.8 Å². The number of hydrogen-bond donors (Lipinski definition) is 3. The number of nitrogens with two attached hydrogens (primary N) is 1. The Balaban J connectivity index is 2.00. The number of ether oxygens (including phenoxy) is 1. The van der Waals surface area contributed by atoms with Gasteiger partial charge in [-0.15, -0.1) is 0 Å². The number of nitrogens with one attached hydrogen (secondary N) is 1. The van der Waals surface area contributed by atoms with E-state index in [0.717, 1.165) is 36.9 Å². The molecule has 0 spiro atoms. The molecular formula is C30H50N3O7PS. The molecule has 0 aliphatic heterocycles. The van der Waals surface area contributed by atoms with Crippen molar-refractivity contribution in [2.75, 3.05) is 45.3 Å². The van der Waals surface area contributed by atoms with Crippen LogP contribution in [0.4, 0.5) is 5.69 Å². The van der Waals surface area contributed by atoms with Crippen molar-refractivity contribution in [1.29, 1.82) is 0 Å². The van der Waals surface area contributed by atoms with Crippen LogP contribution in [0, 0.1) is 5.92 Å². The van der Waals surface area contributed by atoms with Gasteiger partial charge in [-0.05, 0) is 60.7 Å². The summed E-state index contributed by atoms with van der Waals surface area (Å²) in [5.41, 5.74) is 7.86. The fraction of sp³-hybridized carbons (Fsp3) is 0.600. The Kier molecular flexibility index (Phi) is 15.5. The summed E-state index contributed by atoms with van der Waals surface area (Å²) in [5.74, 6) is 0.600. The first kappa shape index (κ1) is 36.2. The quantitative estimate of drug-likeness (QED) is 0.121. The summed E-state index contributed by atoms with van der Waals surface area (Å²) in [7, 11) is -5.60. The van der Waals surface area contributed by atoms with Crippen LogP contribution < -0.4 is 15.8 Å². The van der Waals surface area contributed by atoms with E-state index in [1.54, 1.807) is 12.1 Å². The third kappa shape index (κ3) is 12.0. The summed E-state index contributed by atoms with van der Waals surface area (Å²) in [6, 6.07) is 12.8. The van der Waals surface area contributed by atoms with Crippen molar-refractivity contribution in [3.05, 3.63) is 54.1 Å². The van der Waals surface area contributed by atoms with Crippen LogP contribution in [0.25, 0.3) is 0 Å². The van der Waals surface area contributed by atoms with E-state index in [4.69, 9.17) is 19.5 Å². The lowest BCUT2D eigenvalue weighted by atomic mass is 10.1. The third-order valence-electron chi connectivity index (χ3n) is 6.59. The van der Waals surface area contributed by atoms with Crippen LogP contribution in [0.5, 0.6) is 5.75 Å². The molecule has 12 heteroatoms. The molecule has 2 rings (SSSR count). The molecular weight excluding hydrogens is 577 g/mol. The van der Waals surface area contributed by atoms with Crippen LogP contribution in [-0.2, 0) is 29.8 Å². The molecule has 4 N–H and O–H groups in total. The monoisotopic (exact) mass is 627 g/mol. The maximum absolute atomic E-state index is 13.4. The maximum atomic E-state index is 13.4. The Morgan fingerprint density at radius 2 is 1.52 bits per heavy atom. The van der Waals surface area contributed by atoms with Gasteiger partial charge in [0.2, 0.25) is 10.0 Å². The molecule has 42 heavy (non-hydrogen) atoms. The zero-order valence-corrected chi connectivity index (χ0v) is 27.4. The van der Waals surface area contributed by atoms with Crippen molar-refractivity contribution in [3.8, 4) is 5.75 Å². The van der Waals surface area contributed by atoms with E-state index in [2.05, 4.69) is 19.2 Å². The number of unbranched alkanes of at least 4 members (excludes halogenated alkanes) is 2. The first-order valence-corrected chi connectivity index (χ1v) is 17.9. The molecule has 2 aromatic carbocycles. The number of hydrogen-bond acceptors (Lipinski definition) is 9. The Labute approximate surface area is 252 Å². The molecule has 0 saturated carbocycles. The zero-order chi connectivity index (χ0) is 31.2. The number of sulfonamides is 1. The summed E-state index contributed by atoms with van der Waals surface area (Å²) in [6.07, 6.45) is 2.61. The van der Waals surface area contributed by atoms with E-state index >= 15 is 0 Å². The number of aliphatic hydroxyl groups excluding tert-OH is 1. The van der Waals surface area contributed by atoms with Crippen molar-refractivity contribution in [1.82, 2.24) is 4.31 Å². The van der Waals surface area contributed by atoms with Crippen molar-refractivity contribution in [2.45, 2.75) is 76.6 Å². The van der Waals surface area contributed by atoms with E-state index in [-0.39, 0.29) is 36.6 Å². The number of aliphatic hydroxyl groups is 1. The molecule has 0 unspecified atom stereocenters. The Morgan fingerprint density at radius 1 is 0.952 bits per heavy atom. The number of benzene rings is 2. The molecule has 0 saturated heterocycles. The van der Waals surface area contributed by atoms with Gasteiger partial charge >= 0.3 is 7.60 Å². The van der Waals surface area contributed by atoms with Gasteiger partial charge in [0.1, 0.15) is 5.75 Å². The van der Waals surface area contributed by atoms with Gasteiger partial charge in [0.15, 0.2) is 0 Å². The highest BCUT2D eigenvalue weighted by molar-refractivity contribution is 7.89. The first-order valence-electron chi connectivity index (χ1n) is 14.7. The molecule has 0 heterocycles. The van der Waals surface area contributed by atoms with Crippen LogP contribution >= 0.6 is 7.60 Å². The molecule has 0 bridgehead atoms. The van der Waals surface area contributed by atoms with Crippen molar-refractivity contribution in [2.24, 2.45) is 11.7 Å². The number of rotatable bonds is 21. The molecule has 238 valence electrons. The molecule has 0 radical (unpaired) electrons. The van der Waals surface area contributed by atoms with E-state index in [0.29, 0.717) is 19.0 Å². The fourth-order valence-corrected chi connectivity index (χ4v) is 7.42. The Hall–Kier alpha value is -1.98. The average molecular weight is 628 g/mol. The second-order valence-electron chi connectivity index (χ2n) is 10.8. The van der Waals surface area contributed by atoms with Gasteiger partial charge in [0, 0.05) is 31.4 Å². The highest BCUT2D eigenvalue weighted by Crippen LogP contribution is 2.51. The summed E-state index contributed by atoms with van der Waals surface area (Å²) >= 11 is 0. The largest absolute Gasteiger partial charge is 0.497 e. The standard InChI is InChI=1S/C30H50N3O7PS/c1-6-8-18-39-41(35,40-19-9-7-2)23-25-10-12-26(13-11-25)32-20-29(31)30(34)22-33(21-24(3)4)42(36,37)28-16-14-27(38-5)15-17-28/h10-17,24,29-30,32,34H,6-9,18-23,31H2,1-5H3/t29-,30+/m0/s1. The van der Waals surface area contributed by atoms with Gasteiger partial charge in [0.05, 0.1) is 37.5 Å². The van der Waals surface area contributed by atoms with Gasteiger partial charge in [0.25, 0.3) is 0 Å². The average Bonchev–Trinajstić information content (AvgIpc) is 2.96. The molecule has 0 aromatic heterocycles. The molecule has 2 atom stereocenters. The lowest BCUT2D eigenvalue weighted by Gasteiger charge is -2.29.